The van der Waals surface area contributed by atoms with E-state index < -0.39 is 0 Å². The highest BCUT2D eigenvalue weighted by atomic mass is 16.7. The van der Waals surface area contributed by atoms with Gasteiger partial charge < -0.3 is 20.1 Å². The van der Waals surface area contributed by atoms with Crippen molar-refractivity contribution in [3.8, 4) is 17.2 Å². The lowest BCUT2D eigenvalue weighted by molar-refractivity contribution is -0.121. The lowest BCUT2D eigenvalue weighted by Gasteiger charge is -2.30. The Balaban J connectivity index is 1.18. The maximum Gasteiger partial charge on any atom is 0.324 e. The van der Waals surface area contributed by atoms with Gasteiger partial charge in [-0.2, -0.15) is 5.10 Å². The second kappa shape index (κ2) is 12.8. The first kappa shape index (κ1) is 30.4. The molecule has 4 aromatic rings. The summed E-state index contributed by atoms with van der Waals surface area (Å²) in [6.45, 7) is 10.3. The van der Waals surface area contributed by atoms with E-state index >= 15 is 0 Å². The summed E-state index contributed by atoms with van der Waals surface area (Å²) in [5, 5.41) is 14.2. The summed E-state index contributed by atoms with van der Waals surface area (Å²) in [5.74, 6) is 2.16. The molecule has 1 saturated heterocycles. The monoisotopic (exact) mass is 607 g/mol. The average Bonchev–Trinajstić information content (AvgIpc) is 3.66. The molecule has 234 valence electrons. The van der Waals surface area contributed by atoms with Crippen molar-refractivity contribution in [2.45, 2.75) is 58.3 Å². The van der Waals surface area contributed by atoms with Crippen molar-refractivity contribution in [2.75, 3.05) is 30.5 Å². The number of Topliss-reactive ketones (excluding diaryl/α,β-unsaturated/α-hetero) is 1. The predicted molar refractivity (Wildman–Crippen MR) is 176 cm³/mol. The molecule has 3 heterocycles. The molecule has 1 atom stereocenters. The zero-order chi connectivity index (χ0) is 31.6. The summed E-state index contributed by atoms with van der Waals surface area (Å²) in [5.41, 5.74) is 5.21. The molecule has 3 N–H and O–H groups in total. The molecule has 45 heavy (non-hydrogen) atoms. The fraction of sp³-hybridized carbons (Fsp3) is 0.361. The first-order valence-electron chi connectivity index (χ1n) is 15.6. The van der Waals surface area contributed by atoms with Gasteiger partial charge in [-0.3, -0.25) is 10.1 Å². The number of nitrogens with one attached hydrogen (secondary N) is 3. The van der Waals surface area contributed by atoms with Crippen LogP contribution in [0, 0.1) is 12.8 Å². The number of hydrogen-bond donors (Lipinski definition) is 3. The van der Waals surface area contributed by atoms with E-state index in [0.717, 1.165) is 54.0 Å². The van der Waals surface area contributed by atoms with Gasteiger partial charge in [-0.1, -0.05) is 56.7 Å². The molecule has 2 aliphatic heterocycles. The Morgan fingerprint density at radius 3 is 2.36 bits per heavy atom. The van der Waals surface area contributed by atoms with E-state index in [2.05, 4.69) is 36.7 Å². The molecular formula is C36H41N5O4. The minimum Gasteiger partial charge on any atom is -0.454 e. The molecule has 0 radical (unpaired) electrons. The molecule has 1 unspecified atom stereocenters. The van der Waals surface area contributed by atoms with Crippen LogP contribution in [-0.4, -0.2) is 41.5 Å². The number of anilines is 2. The molecule has 3 aromatic carbocycles. The molecule has 0 spiro atoms. The number of ether oxygens (including phenoxy) is 2. The Morgan fingerprint density at radius 1 is 0.933 bits per heavy atom. The van der Waals surface area contributed by atoms with Gasteiger partial charge in [0.1, 0.15) is 11.6 Å². The van der Waals surface area contributed by atoms with Crippen molar-refractivity contribution < 1.29 is 19.1 Å². The summed E-state index contributed by atoms with van der Waals surface area (Å²) in [7, 11) is 0. The minimum absolute atomic E-state index is 0.179. The van der Waals surface area contributed by atoms with E-state index in [1.165, 1.54) is 0 Å². The van der Waals surface area contributed by atoms with E-state index in [4.69, 9.17) is 14.6 Å². The third-order valence-corrected chi connectivity index (χ3v) is 8.54. The van der Waals surface area contributed by atoms with E-state index in [1.54, 1.807) is 4.68 Å². The first-order valence-corrected chi connectivity index (χ1v) is 15.6. The molecular weight excluding hydrogens is 566 g/mol. The molecule has 1 fully saturated rings. The number of fused-ring (bicyclic) bond motifs is 1. The van der Waals surface area contributed by atoms with Gasteiger partial charge in [0.05, 0.1) is 11.4 Å². The summed E-state index contributed by atoms with van der Waals surface area (Å²) >= 11 is 0. The van der Waals surface area contributed by atoms with Crippen molar-refractivity contribution in [3.05, 3.63) is 95.2 Å². The Bertz CT molecular complexity index is 1670. The van der Waals surface area contributed by atoms with E-state index in [0.29, 0.717) is 29.4 Å². The lowest BCUT2D eigenvalue weighted by atomic mass is 9.76. The van der Waals surface area contributed by atoms with E-state index in [9.17, 15) is 9.59 Å². The van der Waals surface area contributed by atoms with Crippen LogP contribution in [-0.2, 0) is 16.6 Å². The van der Waals surface area contributed by atoms with Gasteiger partial charge >= 0.3 is 6.03 Å². The Morgan fingerprint density at radius 2 is 1.64 bits per heavy atom. The molecule has 6 rings (SSSR count). The smallest absolute Gasteiger partial charge is 0.324 e. The number of rotatable bonds is 8. The molecule has 0 bridgehead atoms. The van der Waals surface area contributed by atoms with Crippen LogP contribution >= 0.6 is 0 Å². The molecule has 0 saturated carbocycles. The Labute approximate surface area is 264 Å². The van der Waals surface area contributed by atoms with Crippen LogP contribution < -0.4 is 25.4 Å². The van der Waals surface area contributed by atoms with Gasteiger partial charge in [-0.25, -0.2) is 9.48 Å². The Hall–Kier alpha value is -4.63. The number of nitrogens with zero attached hydrogens (tertiary/aromatic N) is 2. The summed E-state index contributed by atoms with van der Waals surface area (Å²) in [4.78, 5) is 27.0. The van der Waals surface area contributed by atoms with Gasteiger partial charge in [0.15, 0.2) is 11.5 Å². The first-order chi connectivity index (χ1) is 21.6. The third-order valence-electron chi connectivity index (χ3n) is 8.54. The predicted octanol–water partition coefficient (Wildman–Crippen LogP) is 6.75. The average molecular weight is 608 g/mol. The van der Waals surface area contributed by atoms with Crippen molar-refractivity contribution in [1.29, 1.82) is 0 Å². The Kier molecular flexibility index (Phi) is 8.63. The zero-order valence-electron chi connectivity index (χ0n) is 26.4. The number of aromatic nitrogens is 2. The highest BCUT2D eigenvalue weighted by Gasteiger charge is 2.31. The normalized spacial score (nSPS) is 15.5. The SMILES string of the molecule is Cc1ccc(-n2nc(C(C)(C)C)cc2NC(=O)Nc2ccc(C(C(=O)Cc3ccc4c(c3)OCO4)C3CCNCC3)cc2)cc1. The van der Waals surface area contributed by atoms with E-state index in [-0.39, 0.29) is 35.9 Å². The van der Waals surface area contributed by atoms with Gasteiger partial charge in [0.2, 0.25) is 6.79 Å². The number of aryl methyl sites for hydroxylation is 1. The minimum atomic E-state index is -0.370. The number of carbonyl (C=O) groups excluding carboxylic acids is 2. The number of amides is 2. The van der Waals surface area contributed by atoms with Crippen LogP contribution in [0.5, 0.6) is 11.5 Å². The van der Waals surface area contributed by atoms with Crippen LogP contribution in [0.3, 0.4) is 0 Å². The lowest BCUT2D eigenvalue weighted by Crippen LogP contribution is -2.34. The standard InChI is InChI=1S/C36H41N5O4/c1-23-5-12-28(13-6-23)41-33(21-32(40-41)36(2,3)4)39-35(43)38-27-10-8-25(9-11-27)34(26-15-17-37-18-16-26)29(42)19-24-7-14-30-31(20-24)45-22-44-30/h5-14,20-21,26,34,37H,15-19,22H2,1-4H3,(H2,38,39,43). The number of urea groups is 1. The molecule has 2 aliphatic rings. The zero-order valence-corrected chi connectivity index (χ0v) is 26.4. The summed E-state index contributed by atoms with van der Waals surface area (Å²) in [6.07, 6.45) is 2.19. The molecule has 2 amide bonds. The van der Waals surface area contributed by atoms with Crippen molar-refractivity contribution in [2.24, 2.45) is 5.92 Å². The van der Waals surface area contributed by atoms with Crippen molar-refractivity contribution in [1.82, 2.24) is 15.1 Å². The number of hydrogen-bond acceptors (Lipinski definition) is 6. The maximum absolute atomic E-state index is 13.8. The van der Waals surface area contributed by atoms with Crippen LogP contribution in [0.15, 0.2) is 72.8 Å². The fourth-order valence-electron chi connectivity index (χ4n) is 6.03. The summed E-state index contributed by atoms with van der Waals surface area (Å²) < 4.78 is 12.7. The second-order valence-electron chi connectivity index (χ2n) is 13.0. The molecule has 9 nitrogen and oxygen atoms in total. The van der Waals surface area contributed by atoms with Crippen LogP contribution in [0.25, 0.3) is 5.69 Å². The molecule has 9 heteroatoms. The van der Waals surface area contributed by atoms with Crippen LogP contribution in [0.4, 0.5) is 16.3 Å². The molecule has 1 aromatic heterocycles. The number of piperidine rings is 1. The highest BCUT2D eigenvalue weighted by molar-refractivity contribution is 5.99. The van der Waals surface area contributed by atoms with Crippen molar-refractivity contribution >= 4 is 23.3 Å². The molecule has 0 aliphatic carbocycles. The highest BCUT2D eigenvalue weighted by Crippen LogP contribution is 2.36. The fourth-order valence-corrected chi connectivity index (χ4v) is 6.03. The van der Waals surface area contributed by atoms with Crippen LogP contribution in [0.1, 0.15) is 61.9 Å². The number of carbonyl (C=O) groups is 2. The van der Waals surface area contributed by atoms with Crippen molar-refractivity contribution in [3.63, 3.8) is 0 Å². The topological polar surface area (TPSA) is 107 Å². The van der Waals surface area contributed by atoms with Gasteiger partial charge in [0.25, 0.3) is 0 Å². The van der Waals surface area contributed by atoms with Gasteiger partial charge in [-0.05, 0) is 86.3 Å². The van der Waals surface area contributed by atoms with E-state index in [1.807, 2.05) is 79.7 Å². The number of ketones is 1. The van der Waals surface area contributed by atoms with Gasteiger partial charge in [0, 0.05) is 29.5 Å². The third kappa shape index (κ3) is 7.04. The maximum atomic E-state index is 13.8. The largest absolute Gasteiger partial charge is 0.454 e. The van der Waals surface area contributed by atoms with Crippen LogP contribution in [0.2, 0.25) is 0 Å². The van der Waals surface area contributed by atoms with Gasteiger partial charge in [-0.15, -0.1) is 0 Å². The number of benzene rings is 3. The second-order valence-corrected chi connectivity index (χ2v) is 13.0. The quantitative estimate of drug-likeness (QED) is 0.205. The summed E-state index contributed by atoms with van der Waals surface area (Å²) in [6, 6.07) is 23.0.